The van der Waals surface area contributed by atoms with Gasteiger partial charge >= 0.3 is 6.18 Å². The fourth-order valence-electron chi connectivity index (χ4n) is 1.99. The van der Waals surface area contributed by atoms with Crippen molar-refractivity contribution in [1.29, 1.82) is 0 Å². The molecule has 6 heteroatoms. The summed E-state index contributed by atoms with van der Waals surface area (Å²) in [6, 6.07) is 8.13. The SMILES string of the molecule is COc1ccccc1C(O)c1cc(C(F)(F)F)ccc1F. The van der Waals surface area contributed by atoms with Gasteiger partial charge < -0.3 is 9.84 Å². The van der Waals surface area contributed by atoms with Crippen molar-refractivity contribution in [3.05, 3.63) is 65.0 Å². The monoisotopic (exact) mass is 300 g/mol. The number of ether oxygens (including phenoxy) is 1. The summed E-state index contributed by atoms with van der Waals surface area (Å²) < 4.78 is 56.8. The van der Waals surface area contributed by atoms with E-state index in [0.29, 0.717) is 18.2 Å². The molecular formula is C15H12F4O2. The van der Waals surface area contributed by atoms with E-state index in [4.69, 9.17) is 4.74 Å². The summed E-state index contributed by atoms with van der Waals surface area (Å²) >= 11 is 0. The van der Waals surface area contributed by atoms with E-state index < -0.39 is 29.2 Å². The Bertz CT molecular complexity index is 638. The molecule has 0 aromatic heterocycles. The maximum Gasteiger partial charge on any atom is 0.416 e. The van der Waals surface area contributed by atoms with Crippen LogP contribution in [0.2, 0.25) is 0 Å². The van der Waals surface area contributed by atoms with Gasteiger partial charge in [-0.2, -0.15) is 13.2 Å². The molecule has 2 rings (SSSR count). The van der Waals surface area contributed by atoms with Gasteiger partial charge in [0.25, 0.3) is 0 Å². The highest BCUT2D eigenvalue weighted by Gasteiger charge is 2.32. The van der Waals surface area contributed by atoms with Gasteiger partial charge in [0.05, 0.1) is 12.7 Å². The predicted octanol–water partition coefficient (Wildman–Crippen LogP) is 3.93. The highest BCUT2D eigenvalue weighted by molar-refractivity contribution is 5.41. The van der Waals surface area contributed by atoms with Crippen LogP contribution in [0.5, 0.6) is 5.75 Å². The Hall–Kier alpha value is -2.08. The van der Waals surface area contributed by atoms with Crippen molar-refractivity contribution in [2.45, 2.75) is 12.3 Å². The third-order valence-electron chi connectivity index (χ3n) is 3.05. The summed E-state index contributed by atoms with van der Waals surface area (Å²) in [5.41, 5.74) is -1.28. The van der Waals surface area contributed by atoms with Gasteiger partial charge in [0.1, 0.15) is 17.7 Å². The molecule has 112 valence electrons. The molecule has 1 N–H and O–H groups in total. The molecule has 0 spiro atoms. The van der Waals surface area contributed by atoms with Crippen LogP contribution in [0.1, 0.15) is 22.8 Å². The van der Waals surface area contributed by atoms with Crippen molar-refractivity contribution in [2.24, 2.45) is 0 Å². The second-order valence-electron chi connectivity index (χ2n) is 4.38. The molecule has 0 amide bonds. The van der Waals surface area contributed by atoms with Gasteiger partial charge in [0.2, 0.25) is 0 Å². The predicted molar refractivity (Wildman–Crippen MR) is 68.5 cm³/mol. The number of alkyl halides is 3. The van der Waals surface area contributed by atoms with Gasteiger partial charge in [0.15, 0.2) is 0 Å². The van der Waals surface area contributed by atoms with Crippen molar-refractivity contribution in [1.82, 2.24) is 0 Å². The lowest BCUT2D eigenvalue weighted by Crippen LogP contribution is -2.10. The molecule has 0 aliphatic heterocycles. The Morgan fingerprint density at radius 2 is 1.71 bits per heavy atom. The molecule has 1 unspecified atom stereocenters. The van der Waals surface area contributed by atoms with E-state index in [0.717, 1.165) is 0 Å². The van der Waals surface area contributed by atoms with Gasteiger partial charge in [0, 0.05) is 11.1 Å². The van der Waals surface area contributed by atoms with Crippen LogP contribution < -0.4 is 4.74 Å². The normalized spacial score (nSPS) is 13.0. The molecule has 0 radical (unpaired) electrons. The average Bonchev–Trinajstić information content (AvgIpc) is 2.45. The van der Waals surface area contributed by atoms with Crippen molar-refractivity contribution < 1.29 is 27.4 Å². The average molecular weight is 300 g/mol. The van der Waals surface area contributed by atoms with Gasteiger partial charge in [-0.05, 0) is 24.3 Å². The zero-order valence-corrected chi connectivity index (χ0v) is 11.0. The minimum atomic E-state index is -4.61. The number of rotatable bonds is 3. The molecule has 2 nitrogen and oxygen atoms in total. The molecule has 0 aliphatic rings. The third kappa shape index (κ3) is 3.16. The first-order valence-corrected chi connectivity index (χ1v) is 6.02. The van der Waals surface area contributed by atoms with Crippen LogP contribution >= 0.6 is 0 Å². The lowest BCUT2D eigenvalue weighted by molar-refractivity contribution is -0.137. The first-order chi connectivity index (χ1) is 9.84. The maximum absolute atomic E-state index is 13.8. The number of halogens is 4. The van der Waals surface area contributed by atoms with E-state index in [2.05, 4.69) is 0 Å². The molecule has 21 heavy (non-hydrogen) atoms. The first-order valence-electron chi connectivity index (χ1n) is 6.02. The number of methoxy groups -OCH3 is 1. The highest BCUT2D eigenvalue weighted by atomic mass is 19.4. The maximum atomic E-state index is 13.8. The molecule has 0 aliphatic carbocycles. The number of benzene rings is 2. The molecule has 0 saturated carbocycles. The summed E-state index contributed by atoms with van der Waals surface area (Å²) in [5.74, 6) is -0.650. The standard InChI is InChI=1S/C15H12F4O2/c1-21-13-5-3-2-4-10(13)14(20)11-8-9(15(17,18)19)6-7-12(11)16/h2-8,14,20H,1H3. The number of aliphatic hydroxyl groups excluding tert-OH is 1. The van der Waals surface area contributed by atoms with Crippen molar-refractivity contribution in [3.63, 3.8) is 0 Å². The Balaban J connectivity index is 2.50. The Kier molecular flexibility index (Phi) is 4.18. The molecule has 2 aromatic rings. The molecule has 0 heterocycles. The zero-order valence-electron chi connectivity index (χ0n) is 11.0. The quantitative estimate of drug-likeness (QED) is 0.870. The Morgan fingerprint density at radius 1 is 1.05 bits per heavy atom. The Labute approximate surface area is 118 Å². The molecule has 0 saturated heterocycles. The third-order valence-corrected chi connectivity index (χ3v) is 3.05. The summed E-state index contributed by atoms with van der Waals surface area (Å²) in [5, 5.41) is 10.2. The molecule has 1 atom stereocenters. The first kappa shape index (κ1) is 15.3. The second kappa shape index (κ2) is 5.73. The van der Waals surface area contributed by atoms with Crippen LogP contribution in [0.4, 0.5) is 17.6 Å². The van der Waals surface area contributed by atoms with E-state index >= 15 is 0 Å². The van der Waals surface area contributed by atoms with Crippen molar-refractivity contribution >= 4 is 0 Å². The van der Waals surface area contributed by atoms with Gasteiger partial charge in [-0.15, -0.1) is 0 Å². The summed E-state index contributed by atoms with van der Waals surface area (Å²) in [7, 11) is 1.36. The smallest absolute Gasteiger partial charge is 0.416 e. The van der Waals surface area contributed by atoms with Gasteiger partial charge in [-0.1, -0.05) is 18.2 Å². The van der Waals surface area contributed by atoms with E-state index in [1.54, 1.807) is 12.1 Å². The van der Waals surface area contributed by atoms with E-state index in [-0.39, 0.29) is 11.3 Å². The summed E-state index contributed by atoms with van der Waals surface area (Å²) in [6.45, 7) is 0. The second-order valence-corrected chi connectivity index (χ2v) is 4.38. The van der Waals surface area contributed by atoms with Gasteiger partial charge in [-0.25, -0.2) is 4.39 Å². The molecule has 0 fully saturated rings. The van der Waals surface area contributed by atoms with E-state index in [9.17, 15) is 22.7 Å². The molecule has 2 aromatic carbocycles. The number of para-hydroxylation sites is 1. The van der Waals surface area contributed by atoms with Crippen LogP contribution in [-0.4, -0.2) is 12.2 Å². The minimum absolute atomic E-state index is 0.193. The van der Waals surface area contributed by atoms with Crippen LogP contribution in [0.3, 0.4) is 0 Å². The van der Waals surface area contributed by atoms with Crippen LogP contribution in [-0.2, 0) is 6.18 Å². The van der Waals surface area contributed by atoms with E-state index in [1.165, 1.54) is 19.2 Å². The summed E-state index contributed by atoms with van der Waals surface area (Å²) in [6.07, 6.45) is -6.16. The minimum Gasteiger partial charge on any atom is -0.496 e. The Morgan fingerprint density at radius 3 is 2.33 bits per heavy atom. The van der Waals surface area contributed by atoms with Crippen molar-refractivity contribution in [3.8, 4) is 5.75 Å². The number of aliphatic hydroxyl groups is 1. The van der Waals surface area contributed by atoms with E-state index in [1.807, 2.05) is 0 Å². The number of hydrogen-bond acceptors (Lipinski definition) is 2. The topological polar surface area (TPSA) is 29.5 Å². The molecular weight excluding hydrogens is 288 g/mol. The lowest BCUT2D eigenvalue weighted by atomic mass is 9.98. The van der Waals surface area contributed by atoms with Gasteiger partial charge in [-0.3, -0.25) is 0 Å². The summed E-state index contributed by atoms with van der Waals surface area (Å²) in [4.78, 5) is 0. The zero-order chi connectivity index (χ0) is 15.6. The van der Waals surface area contributed by atoms with Crippen molar-refractivity contribution in [2.75, 3.05) is 7.11 Å². The lowest BCUT2D eigenvalue weighted by Gasteiger charge is -2.17. The molecule has 0 bridgehead atoms. The number of hydrogen-bond donors (Lipinski definition) is 1. The fraction of sp³-hybridized carbons (Fsp3) is 0.200. The van der Waals surface area contributed by atoms with Crippen LogP contribution in [0.15, 0.2) is 42.5 Å². The highest BCUT2D eigenvalue weighted by Crippen LogP contribution is 2.35. The van der Waals surface area contributed by atoms with Crippen LogP contribution in [0, 0.1) is 5.82 Å². The van der Waals surface area contributed by atoms with Crippen LogP contribution in [0.25, 0.3) is 0 Å². The largest absolute Gasteiger partial charge is 0.496 e. The fourth-order valence-corrected chi connectivity index (χ4v) is 1.99.